The van der Waals surface area contributed by atoms with Crippen LogP contribution >= 0.6 is 0 Å². The summed E-state index contributed by atoms with van der Waals surface area (Å²) in [5.41, 5.74) is -1.21. The Morgan fingerprint density at radius 2 is 2.10 bits per heavy atom. The highest BCUT2D eigenvalue weighted by atomic mass is 16.4. The molecule has 1 fully saturated rings. The van der Waals surface area contributed by atoms with Crippen LogP contribution in [0.15, 0.2) is 0 Å². The third kappa shape index (κ3) is 4.12. The van der Waals surface area contributed by atoms with Gasteiger partial charge in [-0.1, -0.05) is 13.8 Å². The van der Waals surface area contributed by atoms with E-state index in [0.717, 1.165) is 12.8 Å². The van der Waals surface area contributed by atoms with E-state index in [1.807, 2.05) is 19.9 Å². The highest BCUT2D eigenvalue weighted by Crippen LogP contribution is 2.39. The number of hydrogen-bond acceptors (Lipinski definition) is 3. The maximum atomic E-state index is 12.3. The molecular formula is C14H23N3O3. The number of carboxylic acids is 1. The van der Waals surface area contributed by atoms with Crippen LogP contribution < -0.4 is 5.32 Å². The summed E-state index contributed by atoms with van der Waals surface area (Å²) < 4.78 is 0. The lowest BCUT2D eigenvalue weighted by Gasteiger charge is -2.31. The van der Waals surface area contributed by atoms with Crippen molar-refractivity contribution in [1.82, 2.24) is 10.2 Å². The van der Waals surface area contributed by atoms with Gasteiger partial charge in [0.1, 0.15) is 5.54 Å². The van der Waals surface area contributed by atoms with Crippen molar-refractivity contribution in [2.24, 2.45) is 11.8 Å². The number of rotatable bonds is 7. The minimum absolute atomic E-state index is 0.000756. The Labute approximate surface area is 119 Å². The molecule has 112 valence electrons. The standard InChI is InChI=1S/C14H23N3O3/c1-10(2)9-17(8-4-7-15)13(20)16-14(3,12(18)19)11-5-6-11/h10-11H,4-6,8-9H2,1-3H3,(H,16,20)(H,18,19). The van der Waals surface area contributed by atoms with Gasteiger partial charge in [-0.3, -0.25) is 0 Å². The van der Waals surface area contributed by atoms with Crippen molar-refractivity contribution in [3.05, 3.63) is 0 Å². The molecule has 2 amide bonds. The van der Waals surface area contributed by atoms with Crippen molar-refractivity contribution in [3.63, 3.8) is 0 Å². The number of nitriles is 1. The molecule has 0 heterocycles. The summed E-state index contributed by atoms with van der Waals surface area (Å²) in [7, 11) is 0. The van der Waals surface area contributed by atoms with E-state index in [9.17, 15) is 14.7 Å². The van der Waals surface area contributed by atoms with Crippen molar-refractivity contribution in [1.29, 1.82) is 5.26 Å². The maximum absolute atomic E-state index is 12.3. The van der Waals surface area contributed by atoms with Crippen molar-refractivity contribution in [2.45, 2.75) is 45.6 Å². The molecule has 6 nitrogen and oxygen atoms in total. The van der Waals surface area contributed by atoms with Crippen LogP contribution in [0, 0.1) is 23.2 Å². The maximum Gasteiger partial charge on any atom is 0.329 e. The van der Waals surface area contributed by atoms with Crippen molar-refractivity contribution in [3.8, 4) is 6.07 Å². The molecular weight excluding hydrogens is 258 g/mol. The summed E-state index contributed by atoms with van der Waals surface area (Å²) >= 11 is 0. The van der Waals surface area contributed by atoms with Crippen LogP contribution in [0.2, 0.25) is 0 Å². The second kappa shape index (κ2) is 6.60. The van der Waals surface area contributed by atoms with Gasteiger partial charge in [0, 0.05) is 13.1 Å². The van der Waals surface area contributed by atoms with Gasteiger partial charge in [-0.25, -0.2) is 9.59 Å². The topological polar surface area (TPSA) is 93.4 Å². The molecule has 1 saturated carbocycles. The minimum Gasteiger partial charge on any atom is -0.480 e. The average Bonchev–Trinajstić information content (AvgIpc) is 3.17. The first-order valence-electron chi connectivity index (χ1n) is 6.98. The predicted octanol–water partition coefficient (Wildman–Crippen LogP) is 1.82. The number of nitrogens with zero attached hydrogens (tertiary/aromatic N) is 2. The van der Waals surface area contributed by atoms with Gasteiger partial charge in [0.25, 0.3) is 0 Å². The zero-order valence-corrected chi connectivity index (χ0v) is 12.3. The van der Waals surface area contributed by atoms with E-state index < -0.39 is 17.5 Å². The SMILES string of the molecule is CC(C)CN(CCC#N)C(=O)NC(C)(C(=O)O)C1CC1. The molecule has 1 unspecified atom stereocenters. The van der Waals surface area contributed by atoms with Gasteiger partial charge in [0.2, 0.25) is 0 Å². The monoisotopic (exact) mass is 281 g/mol. The molecule has 0 aromatic heterocycles. The lowest BCUT2D eigenvalue weighted by molar-refractivity contribution is -0.144. The Morgan fingerprint density at radius 1 is 1.50 bits per heavy atom. The summed E-state index contributed by atoms with van der Waals surface area (Å²) in [6.07, 6.45) is 1.89. The van der Waals surface area contributed by atoms with Crippen LogP contribution in [-0.4, -0.2) is 40.6 Å². The fourth-order valence-corrected chi connectivity index (χ4v) is 2.19. The Kier molecular flexibility index (Phi) is 5.37. The number of amides is 2. The summed E-state index contributed by atoms with van der Waals surface area (Å²) in [6.45, 7) is 6.34. The van der Waals surface area contributed by atoms with Crippen molar-refractivity contribution >= 4 is 12.0 Å². The molecule has 20 heavy (non-hydrogen) atoms. The van der Waals surface area contributed by atoms with E-state index in [1.54, 1.807) is 6.92 Å². The number of aliphatic carboxylic acids is 1. The molecule has 0 aromatic carbocycles. The zero-order valence-electron chi connectivity index (χ0n) is 12.3. The van der Waals surface area contributed by atoms with E-state index in [1.165, 1.54) is 4.90 Å². The predicted molar refractivity (Wildman–Crippen MR) is 73.9 cm³/mol. The third-order valence-electron chi connectivity index (χ3n) is 3.57. The van der Waals surface area contributed by atoms with E-state index >= 15 is 0 Å². The number of urea groups is 1. The second-order valence-electron chi connectivity index (χ2n) is 5.96. The van der Waals surface area contributed by atoms with Crippen molar-refractivity contribution in [2.75, 3.05) is 13.1 Å². The normalized spacial score (nSPS) is 17.1. The van der Waals surface area contributed by atoms with Gasteiger partial charge >= 0.3 is 12.0 Å². The van der Waals surface area contributed by atoms with E-state index in [0.29, 0.717) is 13.1 Å². The summed E-state index contributed by atoms with van der Waals surface area (Å²) in [6, 6.07) is 1.61. The summed E-state index contributed by atoms with van der Waals surface area (Å²) in [5.74, 6) is -0.740. The van der Waals surface area contributed by atoms with Crippen LogP contribution in [0.25, 0.3) is 0 Å². The first-order chi connectivity index (χ1) is 9.31. The molecule has 2 N–H and O–H groups in total. The lowest BCUT2D eigenvalue weighted by Crippen LogP contribution is -2.58. The molecule has 0 radical (unpaired) electrons. The number of nitrogens with one attached hydrogen (secondary N) is 1. The number of carboxylic acid groups (broad SMARTS) is 1. The smallest absolute Gasteiger partial charge is 0.329 e. The number of carbonyl (C=O) groups is 2. The van der Waals surface area contributed by atoms with Gasteiger partial charge < -0.3 is 15.3 Å². The van der Waals surface area contributed by atoms with Crippen LogP contribution in [0.5, 0.6) is 0 Å². The molecule has 0 aromatic rings. The Balaban J connectivity index is 2.73. The quantitative estimate of drug-likeness (QED) is 0.744. The molecule has 0 aliphatic heterocycles. The molecule has 0 spiro atoms. The van der Waals surface area contributed by atoms with Crippen molar-refractivity contribution < 1.29 is 14.7 Å². The van der Waals surface area contributed by atoms with Crippen LogP contribution in [0.1, 0.15) is 40.0 Å². The lowest BCUT2D eigenvalue weighted by atomic mass is 9.96. The van der Waals surface area contributed by atoms with Gasteiger partial charge in [0.15, 0.2) is 0 Å². The van der Waals surface area contributed by atoms with E-state index in [4.69, 9.17) is 5.26 Å². The summed E-state index contributed by atoms with van der Waals surface area (Å²) in [4.78, 5) is 25.2. The number of hydrogen-bond donors (Lipinski definition) is 2. The molecule has 1 atom stereocenters. The van der Waals surface area contributed by atoms with Gasteiger partial charge in [-0.15, -0.1) is 0 Å². The van der Waals surface area contributed by atoms with E-state index in [-0.39, 0.29) is 18.3 Å². The largest absolute Gasteiger partial charge is 0.480 e. The fourth-order valence-electron chi connectivity index (χ4n) is 2.19. The first kappa shape index (κ1) is 16.3. The van der Waals surface area contributed by atoms with E-state index in [2.05, 4.69) is 5.32 Å². The third-order valence-corrected chi connectivity index (χ3v) is 3.57. The average molecular weight is 281 g/mol. The minimum atomic E-state index is -1.21. The molecule has 1 aliphatic carbocycles. The first-order valence-corrected chi connectivity index (χ1v) is 6.98. The second-order valence-corrected chi connectivity index (χ2v) is 5.96. The fraction of sp³-hybridized carbons (Fsp3) is 0.786. The van der Waals surface area contributed by atoms with Crippen LogP contribution in [0.3, 0.4) is 0 Å². The molecule has 0 saturated heterocycles. The molecule has 1 rings (SSSR count). The van der Waals surface area contributed by atoms with Crippen LogP contribution in [0.4, 0.5) is 4.79 Å². The van der Waals surface area contributed by atoms with Gasteiger partial charge in [0.05, 0.1) is 12.5 Å². The highest BCUT2D eigenvalue weighted by Gasteiger charge is 2.49. The summed E-state index contributed by atoms with van der Waals surface area (Å²) in [5, 5.41) is 20.6. The number of carbonyl (C=O) groups excluding carboxylic acids is 1. The Morgan fingerprint density at radius 3 is 2.50 bits per heavy atom. The molecule has 1 aliphatic rings. The molecule has 6 heteroatoms. The highest BCUT2D eigenvalue weighted by molar-refractivity contribution is 5.86. The van der Waals surface area contributed by atoms with Gasteiger partial charge in [-0.2, -0.15) is 5.26 Å². The van der Waals surface area contributed by atoms with Crippen LogP contribution in [-0.2, 0) is 4.79 Å². The van der Waals surface area contributed by atoms with Gasteiger partial charge in [-0.05, 0) is 31.6 Å². The Hall–Kier alpha value is -1.77. The zero-order chi connectivity index (χ0) is 15.3. The Bertz CT molecular complexity index is 412. The molecule has 0 bridgehead atoms.